The minimum Gasteiger partial charge on any atom is -0.486 e. The second kappa shape index (κ2) is 8.53. The van der Waals surface area contributed by atoms with Gasteiger partial charge in [0.2, 0.25) is 0 Å². The predicted molar refractivity (Wildman–Crippen MR) is 106 cm³/mol. The fourth-order valence-electron chi connectivity index (χ4n) is 2.76. The summed E-state index contributed by atoms with van der Waals surface area (Å²) in [6.07, 6.45) is 1.09. The van der Waals surface area contributed by atoms with E-state index in [1.807, 2.05) is 0 Å². The third-order valence-corrected chi connectivity index (χ3v) is 4.21. The van der Waals surface area contributed by atoms with Crippen molar-refractivity contribution in [2.45, 2.75) is 32.8 Å². The molecule has 0 atom stereocenters. The van der Waals surface area contributed by atoms with E-state index in [0.717, 1.165) is 5.56 Å². The van der Waals surface area contributed by atoms with Gasteiger partial charge in [-0.1, -0.05) is 11.6 Å². The van der Waals surface area contributed by atoms with Crippen LogP contribution in [0.25, 0.3) is 0 Å². The molecule has 1 aromatic heterocycles. The largest absolute Gasteiger partial charge is 0.486 e. The zero-order valence-electron chi connectivity index (χ0n) is 16.4. The molecule has 0 fully saturated rings. The summed E-state index contributed by atoms with van der Waals surface area (Å²) >= 11 is 5.97. The average Bonchev–Trinajstić information content (AvgIpc) is 2.66. The summed E-state index contributed by atoms with van der Waals surface area (Å²) in [5.74, 6) is 1.44. The van der Waals surface area contributed by atoms with Gasteiger partial charge in [-0.25, -0.2) is 14.8 Å². The van der Waals surface area contributed by atoms with E-state index in [-0.39, 0.29) is 11.7 Å². The second-order valence-electron chi connectivity index (χ2n) is 7.35. The summed E-state index contributed by atoms with van der Waals surface area (Å²) in [5, 5.41) is 9.72. The number of halogens is 1. The lowest BCUT2D eigenvalue weighted by Gasteiger charge is -2.27. The Bertz CT molecular complexity index is 952. The molecule has 1 aromatic carbocycles. The van der Waals surface area contributed by atoms with E-state index in [4.69, 9.17) is 25.8 Å². The lowest BCUT2D eigenvalue weighted by Crippen LogP contribution is -2.38. The smallest absolute Gasteiger partial charge is 0.416 e. The Morgan fingerprint density at radius 2 is 1.93 bits per heavy atom. The minimum atomic E-state index is -0.680. The van der Waals surface area contributed by atoms with Crippen LogP contribution in [0, 0.1) is 11.3 Å². The highest BCUT2D eigenvalue weighted by Gasteiger charge is 2.25. The SMILES string of the molecule is CC(C)(C)OC(=O)N(CCc1cc2c(cc1C#N)OCCO2)c1cc(Cl)ncn1. The van der Waals surface area contributed by atoms with E-state index in [0.29, 0.717) is 42.5 Å². The van der Waals surface area contributed by atoms with Crippen molar-refractivity contribution >= 4 is 23.5 Å². The molecule has 0 bridgehead atoms. The molecule has 0 saturated heterocycles. The van der Waals surface area contributed by atoms with E-state index < -0.39 is 11.7 Å². The number of aromatic nitrogens is 2. The van der Waals surface area contributed by atoms with Crippen LogP contribution >= 0.6 is 11.6 Å². The third-order valence-electron chi connectivity index (χ3n) is 4.00. The lowest BCUT2D eigenvalue weighted by atomic mass is 10.0. The fraction of sp³-hybridized carbons (Fsp3) is 0.400. The van der Waals surface area contributed by atoms with Crippen molar-refractivity contribution < 1.29 is 19.0 Å². The van der Waals surface area contributed by atoms with Gasteiger partial charge in [0.05, 0.1) is 11.6 Å². The zero-order chi connectivity index (χ0) is 21.0. The lowest BCUT2D eigenvalue weighted by molar-refractivity contribution is 0.0579. The van der Waals surface area contributed by atoms with Crippen LogP contribution in [-0.2, 0) is 11.2 Å². The van der Waals surface area contributed by atoms with E-state index in [1.54, 1.807) is 32.9 Å². The summed E-state index contributed by atoms with van der Waals surface area (Å²) in [7, 11) is 0. The quantitative estimate of drug-likeness (QED) is 0.700. The topological polar surface area (TPSA) is 97.6 Å². The van der Waals surface area contributed by atoms with Gasteiger partial charge in [0, 0.05) is 18.7 Å². The summed E-state index contributed by atoms with van der Waals surface area (Å²) < 4.78 is 16.6. The maximum Gasteiger partial charge on any atom is 0.416 e. The van der Waals surface area contributed by atoms with Crippen molar-refractivity contribution in [3.05, 3.63) is 40.8 Å². The molecule has 152 valence electrons. The number of amides is 1. The Hall–Kier alpha value is -3.05. The first-order chi connectivity index (χ1) is 13.8. The third kappa shape index (κ3) is 5.27. The molecular formula is C20H21ClN4O4. The molecule has 1 amide bonds. The van der Waals surface area contributed by atoms with Crippen LogP contribution in [0.15, 0.2) is 24.5 Å². The molecule has 2 heterocycles. The van der Waals surface area contributed by atoms with Crippen LogP contribution in [0.3, 0.4) is 0 Å². The first-order valence-electron chi connectivity index (χ1n) is 9.07. The van der Waals surface area contributed by atoms with Crippen molar-refractivity contribution in [1.82, 2.24) is 9.97 Å². The van der Waals surface area contributed by atoms with Gasteiger partial charge in [-0.05, 0) is 38.8 Å². The van der Waals surface area contributed by atoms with Crippen LogP contribution in [0.2, 0.25) is 5.15 Å². The van der Waals surface area contributed by atoms with E-state index >= 15 is 0 Å². The Labute approximate surface area is 174 Å². The molecule has 0 saturated carbocycles. The van der Waals surface area contributed by atoms with Gasteiger partial charge >= 0.3 is 6.09 Å². The van der Waals surface area contributed by atoms with E-state index in [1.165, 1.54) is 17.3 Å². The highest BCUT2D eigenvalue weighted by Crippen LogP contribution is 2.33. The number of nitriles is 1. The molecule has 1 aliphatic rings. The molecule has 0 unspecified atom stereocenters. The van der Waals surface area contributed by atoms with Crippen molar-refractivity contribution in [2.24, 2.45) is 0 Å². The molecule has 2 aromatic rings. The van der Waals surface area contributed by atoms with Crippen molar-refractivity contribution in [3.63, 3.8) is 0 Å². The zero-order valence-corrected chi connectivity index (χ0v) is 17.2. The Balaban J connectivity index is 1.87. The molecule has 3 rings (SSSR count). The highest BCUT2D eigenvalue weighted by molar-refractivity contribution is 6.29. The predicted octanol–water partition coefficient (Wildman–Crippen LogP) is 3.76. The number of benzene rings is 1. The monoisotopic (exact) mass is 416 g/mol. The number of carbonyl (C=O) groups excluding carboxylic acids is 1. The Kier molecular flexibility index (Phi) is 6.09. The fourth-order valence-corrected chi connectivity index (χ4v) is 2.90. The number of rotatable bonds is 4. The molecule has 0 radical (unpaired) electrons. The van der Waals surface area contributed by atoms with Crippen LogP contribution in [0.1, 0.15) is 31.9 Å². The van der Waals surface area contributed by atoms with Crippen molar-refractivity contribution in [1.29, 1.82) is 5.26 Å². The van der Waals surface area contributed by atoms with Gasteiger partial charge in [-0.3, -0.25) is 4.90 Å². The first kappa shape index (κ1) is 20.7. The number of nitrogens with zero attached hydrogens (tertiary/aromatic N) is 4. The maximum atomic E-state index is 12.8. The summed E-state index contributed by atoms with van der Waals surface area (Å²) in [6, 6.07) is 7.08. The molecule has 1 aliphatic heterocycles. The molecule has 9 heteroatoms. The first-order valence-corrected chi connectivity index (χ1v) is 9.45. The van der Waals surface area contributed by atoms with Crippen molar-refractivity contribution in [3.8, 4) is 17.6 Å². The van der Waals surface area contributed by atoms with Crippen LogP contribution in [-0.4, -0.2) is 41.4 Å². The molecule has 8 nitrogen and oxygen atoms in total. The van der Waals surface area contributed by atoms with Gasteiger partial charge < -0.3 is 14.2 Å². The number of fused-ring (bicyclic) bond motifs is 1. The molecule has 0 aliphatic carbocycles. The van der Waals surface area contributed by atoms with Crippen LogP contribution in [0.5, 0.6) is 11.5 Å². The standard InChI is InChI=1S/C20H21ClN4O4/c1-20(2,3)29-19(26)25(18-10-17(21)23-12-24-18)5-4-13-8-15-16(9-14(13)11-22)28-7-6-27-15/h8-10,12H,4-7H2,1-3H3. The van der Waals surface area contributed by atoms with Gasteiger partial charge in [-0.15, -0.1) is 0 Å². The second-order valence-corrected chi connectivity index (χ2v) is 7.73. The van der Waals surface area contributed by atoms with Crippen LogP contribution in [0.4, 0.5) is 10.6 Å². The van der Waals surface area contributed by atoms with Crippen molar-refractivity contribution in [2.75, 3.05) is 24.7 Å². The number of anilines is 1. The number of hydrogen-bond donors (Lipinski definition) is 0. The molecule has 0 N–H and O–H groups in total. The number of carbonyl (C=O) groups is 1. The summed E-state index contributed by atoms with van der Waals surface area (Å²) in [6.45, 7) is 6.45. The van der Waals surface area contributed by atoms with E-state index in [9.17, 15) is 10.1 Å². The Morgan fingerprint density at radius 1 is 1.24 bits per heavy atom. The van der Waals surface area contributed by atoms with Crippen LogP contribution < -0.4 is 14.4 Å². The number of ether oxygens (including phenoxy) is 3. The molecule has 29 heavy (non-hydrogen) atoms. The van der Waals surface area contributed by atoms with Gasteiger partial charge in [0.1, 0.15) is 36.1 Å². The summed E-state index contributed by atoms with van der Waals surface area (Å²) in [4.78, 5) is 22.1. The average molecular weight is 417 g/mol. The Morgan fingerprint density at radius 3 is 2.55 bits per heavy atom. The molecular weight excluding hydrogens is 396 g/mol. The summed E-state index contributed by atoms with van der Waals surface area (Å²) in [5.41, 5.74) is 0.505. The minimum absolute atomic E-state index is 0.209. The number of hydrogen-bond acceptors (Lipinski definition) is 7. The van der Waals surface area contributed by atoms with Gasteiger partial charge in [0.25, 0.3) is 0 Å². The normalized spacial score (nSPS) is 12.8. The van der Waals surface area contributed by atoms with E-state index in [2.05, 4.69) is 16.0 Å². The maximum absolute atomic E-state index is 12.8. The van der Waals surface area contributed by atoms with Gasteiger partial charge in [-0.2, -0.15) is 5.26 Å². The molecule has 0 spiro atoms. The van der Waals surface area contributed by atoms with Gasteiger partial charge in [0.15, 0.2) is 11.5 Å². The highest BCUT2D eigenvalue weighted by atomic mass is 35.5.